The Morgan fingerprint density at radius 3 is 2.89 bits per heavy atom. The van der Waals surface area contributed by atoms with E-state index in [0.717, 1.165) is 18.0 Å². The molecule has 2 rings (SSSR count). The van der Waals surface area contributed by atoms with Gasteiger partial charge in [0, 0.05) is 11.1 Å². The van der Waals surface area contributed by atoms with Gasteiger partial charge >= 0.3 is 0 Å². The zero-order valence-electron chi connectivity index (χ0n) is 12.4. The van der Waals surface area contributed by atoms with Gasteiger partial charge in [0.05, 0.1) is 0 Å². The Balaban J connectivity index is 1.98. The topological polar surface area (TPSA) is 12.0 Å². The van der Waals surface area contributed by atoms with Crippen molar-refractivity contribution >= 4 is 11.6 Å². The highest BCUT2D eigenvalue weighted by atomic mass is 35.5. The van der Waals surface area contributed by atoms with Gasteiger partial charge in [-0.3, -0.25) is 0 Å². The molecular weight excluding hydrogens is 254 g/mol. The predicted molar refractivity (Wildman–Crippen MR) is 83.9 cm³/mol. The monoisotopic (exact) mass is 279 g/mol. The number of benzene rings is 1. The SMILES string of the molecule is CCCNC1CCC(C)(Cc2ccc(C)cc2Cl)C1. The van der Waals surface area contributed by atoms with E-state index in [0.29, 0.717) is 11.5 Å². The second kappa shape index (κ2) is 6.28. The summed E-state index contributed by atoms with van der Waals surface area (Å²) in [6, 6.07) is 7.17. The van der Waals surface area contributed by atoms with Gasteiger partial charge in [0.1, 0.15) is 0 Å². The lowest BCUT2D eigenvalue weighted by Gasteiger charge is -2.25. The van der Waals surface area contributed by atoms with Crippen LogP contribution >= 0.6 is 11.6 Å². The van der Waals surface area contributed by atoms with Crippen molar-refractivity contribution in [1.29, 1.82) is 0 Å². The summed E-state index contributed by atoms with van der Waals surface area (Å²) >= 11 is 6.37. The van der Waals surface area contributed by atoms with Crippen LogP contribution in [0.4, 0.5) is 0 Å². The van der Waals surface area contributed by atoms with Crippen LogP contribution in [-0.4, -0.2) is 12.6 Å². The van der Waals surface area contributed by atoms with Crippen molar-refractivity contribution in [3.8, 4) is 0 Å². The molecule has 1 aliphatic rings. The first-order valence-corrected chi connectivity index (χ1v) is 7.89. The largest absolute Gasteiger partial charge is 0.314 e. The van der Waals surface area contributed by atoms with Gasteiger partial charge in [-0.2, -0.15) is 0 Å². The van der Waals surface area contributed by atoms with Crippen molar-refractivity contribution in [1.82, 2.24) is 5.32 Å². The maximum absolute atomic E-state index is 6.37. The zero-order chi connectivity index (χ0) is 13.9. The molecule has 0 amide bonds. The Kier molecular flexibility index (Phi) is 4.92. The molecule has 19 heavy (non-hydrogen) atoms. The minimum atomic E-state index is 0.407. The van der Waals surface area contributed by atoms with Gasteiger partial charge in [-0.15, -0.1) is 0 Å². The molecule has 1 aromatic rings. The van der Waals surface area contributed by atoms with Crippen molar-refractivity contribution in [2.24, 2.45) is 5.41 Å². The molecule has 2 atom stereocenters. The van der Waals surface area contributed by atoms with E-state index in [-0.39, 0.29) is 0 Å². The molecule has 0 aromatic heterocycles. The maximum atomic E-state index is 6.37. The van der Waals surface area contributed by atoms with Crippen LogP contribution in [0.1, 0.15) is 50.7 Å². The second-order valence-electron chi connectivity index (χ2n) is 6.48. The van der Waals surface area contributed by atoms with Crippen molar-refractivity contribution in [2.45, 2.75) is 58.9 Å². The van der Waals surface area contributed by atoms with Crippen LogP contribution in [0, 0.1) is 12.3 Å². The van der Waals surface area contributed by atoms with Gasteiger partial charge in [0.25, 0.3) is 0 Å². The highest BCUT2D eigenvalue weighted by Gasteiger charge is 2.35. The van der Waals surface area contributed by atoms with Crippen molar-refractivity contribution in [2.75, 3.05) is 6.54 Å². The van der Waals surface area contributed by atoms with E-state index >= 15 is 0 Å². The quantitative estimate of drug-likeness (QED) is 0.820. The molecule has 0 radical (unpaired) electrons. The molecule has 1 aliphatic carbocycles. The number of hydrogen-bond donors (Lipinski definition) is 1. The lowest BCUT2D eigenvalue weighted by Crippen LogP contribution is -2.29. The third kappa shape index (κ3) is 3.97. The predicted octanol–water partition coefficient (Wildman–Crippen LogP) is 4.75. The van der Waals surface area contributed by atoms with E-state index in [1.807, 2.05) is 0 Å². The normalized spacial score (nSPS) is 26.8. The third-order valence-electron chi connectivity index (χ3n) is 4.34. The molecule has 0 spiro atoms. The molecule has 2 heteroatoms. The molecular formula is C17H26ClN. The standard InChI is InChI=1S/C17H26ClN/c1-4-9-19-15-7-8-17(3,12-15)11-14-6-5-13(2)10-16(14)18/h5-6,10,15,19H,4,7-9,11-12H2,1-3H3. The van der Waals surface area contributed by atoms with Gasteiger partial charge in [-0.05, 0) is 68.2 Å². The van der Waals surface area contributed by atoms with E-state index in [4.69, 9.17) is 11.6 Å². The van der Waals surface area contributed by atoms with Crippen LogP contribution in [0.5, 0.6) is 0 Å². The van der Waals surface area contributed by atoms with Gasteiger partial charge in [-0.1, -0.05) is 37.6 Å². The molecule has 1 nitrogen and oxygen atoms in total. The fourth-order valence-electron chi connectivity index (χ4n) is 3.26. The number of rotatable bonds is 5. The average Bonchev–Trinajstić information content (AvgIpc) is 2.72. The fraction of sp³-hybridized carbons (Fsp3) is 0.647. The first kappa shape index (κ1) is 14.9. The van der Waals surface area contributed by atoms with Crippen molar-refractivity contribution < 1.29 is 0 Å². The number of hydrogen-bond acceptors (Lipinski definition) is 1. The summed E-state index contributed by atoms with van der Waals surface area (Å²) in [7, 11) is 0. The van der Waals surface area contributed by atoms with E-state index in [1.54, 1.807) is 0 Å². The average molecular weight is 280 g/mol. The molecule has 0 bridgehead atoms. The summed E-state index contributed by atoms with van der Waals surface area (Å²) in [5.41, 5.74) is 2.96. The Morgan fingerprint density at radius 1 is 1.42 bits per heavy atom. The molecule has 1 N–H and O–H groups in total. The summed E-state index contributed by atoms with van der Waals surface area (Å²) in [4.78, 5) is 0. The molecule has 1 fully saturated rings. The smallest absolute Gasteiger partial charge is 0.0440 e. The summed E-state index contributed by atoms with van der Waals surface area (Å²) in [5.74, 6) is 0. The third-order valence-corrected chi connectivity index (χ3v) is 4.70. The number of nitrogens with one attached hydrogen (secondary N) is 1. The minimum Gasteiger partial charge on any atom is -0.314 e. The van der Waals surface area contributed by atoms with Crippen molar-refractivity contribution in [3.05, 3.63) is 34.3 Å². The number of halogens is 1. The highest BCUT2D eigenvalue weighted by molar-refractivity contribution is 6.31. The van der Waals surface area contributed by atoms with Crippen LogP contribution in [0.3, 0.4) is 0 Å². The van der Waals surface area contributed by atoms with E-state index in [9.17, 15) is 0 Å². The lowest BCUT2D eigenvalue weighted by atomic mass is 9.82. The van der Waals surface area contributed by atoms with Crippen LogP contribution in [-0.2, 0) is 6.42 Å². The zero-order valence-corrected chi connectivity index (χ0v) is 13.2. The summed E-state index contributed by atoms with van der Waals surface area (Å²) in [5, 5.41) is 4.60. The lowest BCUT2D eigenvalue weighted by molar-refractivity contribution is 0.322. The Hall–Kier alpha value is -0.530. The molecule has 0 saturated heterocycles. The first-order valence-electron chi connectivity index (χ1n) is 7.51. The van der Waals surface area contributed by atoms with Gasteiger partial charge < -0.3 is 5.32 Å². The molecule has 106 valence electrons. The molecule has 2 unspecified atom stereocenters. The van der Waals surface area contributed by atoms with E-state index < -0.39 is 0 Å². The second-order valence-corrected chi connectivity index (χ2v) is 6.88. The molecule has 1 saturated carbocycles. The van der Waals surface area contributed by atoms with Gasteiger partial charge in [0.2, 0.25) is 0 Å². The Bertz CT molecular complexity index is 429. The summed E-state index contributed by atoms with van der Waals surface area (Å²) in [6.45, 7) is 7.88. The Morgan fingerprint density at radius 2 is 2.21 bits per heavy atom. The van der Waals surface area contributed by atoms with E-state index in [2.05, 4.69) is 44.3 Å². The minimum absolute atomic E-state index is 0.407. The summed E-state index contributed by atoms with van der Waals surface area (Å²) in [6.07, 6.45) is 6.21. The van der Waals surface area contributed by atoms with Gasteiger partial charge in [0.15, 0.2) is 0 Å². The Labute approximate surface area is 122 Å². The van der Waals surface area contributed by atoms with Crippen LogP contribution in [0.25, 0.3) is 0 Å². The van der Waals surface area contributed by atoms with E-state index in [1.165, 1.54) is 36.8 Å². The molecule has 0 heterocycles. The first-order chi connectivity index (χ1) is 9.02. The maximum Gasteiger partial charge on any atom is 0.0440 e. The molecule has 1 aromatic carbocycles. The highest BCUT2D eigenvalue weighted by Crippen LogP contribution is 2.41. The van der Waals surface area contributed by atoms with Crippen LogP contribution in [0.2, 0.25) is 5.02 Å². The van der Waals surface area contributed by atoms with Crippen LogP contribution < -0.4 is 5.32 Å². The van der Waals surface area contributed by atoms with Gasteiger partial charge in [-0.25, -0.2) is 0 Å². The number of aryl methyl sites for hydroxylation is 1. The van der Waals surface area contributed by atoms with Crippen LogP contribution in [0.15, 0.2) is 18.2 Å². The molecule has 0 aliphatic heterocycles. The fourth-order valence-corrected chi connectivity index (χ4v) is 3.56. The summed E-state index contributed by atoms with van der Waals surface area (Å²) < 4.78 is 0. The van der Waals surface area contributed by atoms with Crippen molar-refractivity contribution in [3.63, 3.8) is 0 Å².